The summed E-state index contributed by atoms with van der Waals surface area (Å²) >= 11 is 1.14. The molecule has 0 spiro atoms. The van der Waals surface area contributed by atoms with E-state index in [0.717, 1.165) is 29.5 Å². The van der Waals surface area contributed by atoms with E-state index in [1.54, 1.807) is 5.38 Å². The molecule has 0 aliphatic carbocycles. The van der Waals surface area contributed by atoms with Gasteiger partial charge in [0.15, 0.2) is 5.13 Å². The van der Waals surface area contributed by atoms with Crippen LogP contribution >= 0.6 is 11.3 Å². The predicted octanol–water partition coefficient (Wildman–Crippen LogP) is 3.90. The van der Waals surface area contributed by atoms with Crippen LogP contribution in [0, 0.1) is 0 Å². The fourth-order valence-electron chi connectivity index (χ4n) is 2.39. The maximum atomic E-state index is 13.2. The molecule has 2 aromatic heterocycles. The van der Waals surface area contributed by atoms with Crippen LogP contribution in [0.4, 0.5) is 18.3 Å². The minimum atomic E-state index is -4.65. The largest absolute Gasteiger partial charge is 0.418 e. The summed E-state index contributed by atoms with van der Waals surface area (Å²) < 4.78 is 39.5. The first-order valence-corrected chi connectivity index (χ1v) is 7.80. The second kappa shape index (κ2) is 6.17. The van der Waals surface area contributed by atoms with Gasteiger partial charge in [0.1, 0.15) is 5.56 Å². The van der Waals surface area contributed by atoms with E-state index in [1.807, 2.05) is 0 Å². The molecule has 5 nitrogen and oxygen atoms in total. The number of hydrogen-bond acceptors (Lipinski definition) is 4. The number of anilines is 1. The topological polar surface area (TPSA) is 74.8 Å². The van der Waals surface area contributed by atoms with Crippen molar-refractivity contribution < 1.29 is 18.0 Å². The zero-order valence-corrected chi connectivity index (χ0v) is 13.3. The third-order valence-corrected chi connectivity index (χ3v) is 4.14. The van der Waals surface area contributed by atoms with Gasteiger partial charge < -0.3 is 4.98 Å². The second-order valence-electron chi connectivity index (χ2n) is 4.96. The Balaban J connectivity index is 2.24. The number of nitrogens with one attached hydrogen (secondary N) is 2. The average Bonchev–Trinajstić information content (AvgIpc) is 3.05. The van der Waals surface area contributed by atoms with Crippen LogP contribution in [-0.2, 0) is 6.18 Å². The van der Waals surface area contributed by atoms with Gasteiger partial charge in [-0.1, -0.05) is 12.6 Å². The van der Waals surface area contributed by atoms with Gasteiger partial charge in [-0.3, -0.25) is 14.9 Å². The third kappa shape index (κ3) is 3.05. The molecule has 1 aromatic carbocycles. The van der Waals surface area contributed by atoms with Crippen molar-refractivity contribution in [1.29, 1.82) is 0 Å². The van der Waals surface area contributed by atoms with E-state index in [9.17, 15) is 22.8 Å². The fourth-order valence-corrected chi connectivity index (χ4v) is 2.91. The summed E-state index contributed by atoms with van der Waals surface area (Å²) in [7, 11) is 0. The summed E-state index contributed by atoms with van der Waals surface area (Å²) in [6, 6.07) is 3.22. The number of carbonyl (C=O) groups is 1. The number of amides is 1. The number of halogens is 3. The molecule has 128 valence electrons. The van der Waals surface area contributed by atoms with Crippen molar-refractivity contribution in [2.24, 2.45) is 0 Å². The van der Waals surface area contributed by atoms with Crippen LogP contribution in [0.1, 0.15) is 21.6 Å². The minimum absolute atomic E-state index is 0.0942. The van der Waals surface area contributed by atoms with Gasteiger partial charge in [-0.15, -0.1) is 11.3 Å². The summed E-state index contributed by atoms with van der Waals surface area (Å²) in [6.07, 6.45) is -2.05. The van der Waals surface area contributed by atoms with Crippen molar-refractivity contribution in [2.45, 2.75) is 6.18 Å². The van der Waals surface area contributed by atoms with E-state index < -0.39 is 23.1 Å². The van der Waals surface area contributed by atoms with E-state index in [1.165, 1.54) is 12.3 Å². The number of alkyl halides is 3. The summed E-state index contributed by atoms with van der Waals surface area (Å²) in [5, 5.41) is 4.11. The summed E-state index contributed by atoms with van der Waals surface area (Å²) in [5.74, 6) is -0.773. The number of para-hydroxylation sites is 1. The summed E-state index contributed by atoms with van der Waals surface area (Å²) in [4.78, 5) is 31.4. The van der Waals surface area contributed by atoms with Gasteiger partial charge in [0.25, 0.3) is 5.91 Å². The highest BCUT2D eigenvalue weighted by Crippen LogP contribution is 2.33. The van der Waals surface area contributed by atoms with Crippen LogP contribution in [0.5, 0.6) is 0 Å². The van der Waals surface area contributed by atoms with Gasteiger partial charge in [0.2, 0.25) is 5.43 Å². The minimum Gasteiger partial charge on any atom is -0.354 e. The number of nitrogens with zero attached hydrogens (tertiary/aromatic N) is 1. The van der Waals surface area contributed by atoms with Crippen LogP contribution in [0.25, 0.3) is 17.0 Å². The smallest absolute Gasteiger partial charge is 0.354 e. The lowest BCUT2D eigenvalue weighted by Gasteiger charge is -2.13. The van der Waals surface area contributed by atoms with Crippen molar-refractivity contribution in [1.82, 2.24) is 9.97 Å². The Morgan fingerprint density at radius 1 is 1.36 bits per heavy atom. The van der Waals surface area contributed by atoms with Crippen molar-refractivity contribution in [3.8, 4) is 0 Å². The quantitative estimate of drug-likeness (QED) is 0.739. The molecule has 0 radical (unpaired) electrons. The Hall–Kier alpha value is -2.94. The fraction of sp³-hybridized carbons (Fsp3) is 0.0625. The molecule has 0 unspecified atom stereocenters. The Labute approximate surface area is 142 Å². The molecule has 3 aromatic rings. The zero-order valence-electron chi connectivity index (χ0n) is 12.5. The Kier molecular flexibility index (Phi) is 4.17. The molecule has 3 rings (SSSR count). The molecule has 0 bridgehead atoms. The molecular formula is C16H10F3N3O2S. The number of aromatic nitrogens is 2. The highest BCUT2D eigenvalue weighted by atomic mass is 32.1. The van der Waals surface area contributed by atoms with E-state index in [4.69, 9.17) is 0 Å². The zero-order chi connectivity index (χ0) is 18.2. The number of thiazole rings is 1. The van der Waals surface area contributed by atoms with Crippen LogP contribution in [0.15, 0.2) is 41.1 Å². The van der Waals surface area contributed by atoms with Crippen LogP contribution in [0.2, 0.25) is 0 Å². The first kappa shape index (κ1) is 16.9. The second-order valence-corrected chi connectivity index (χ2v) is 5.86. The maximum absolute atomic E-state index is 13.2. The van der Waals surface area contributed by atoms with Crippen LogP contribution in [-0.4, -0.2) is 15.9 Å². The number of rotatable bonds is 3. The number of fused-ring (bicyclic) bond motifs is 1. The lowest BCUT2D eigenvalue weighted by molar-refractivity contribution is -0.136. The number of benzene rings is 1. The molecule has 0 fully saturated rings. The summed E-state index contributed by atoms with van der Waals surface area (Å²) in [5.41, 5.74) is -2.61. The molecule has 0 aliphatic heterocycles. The van der Waals surface area contributed by atoms with Crippen LogP contribution < -0.4 is 10.7 Å². The van der Waals surface area contributed by atoms with Gasteiger partial charge >= 0.3 is 6.18 Å². The van der Waals surface area contributed by atoms with Gasteiger partial charge in [0, 0.05) is 17.0 Å². The number of carbonyl (C=O) groups excluding carboxylic acids is 1. The molecule has 25 heavy (non-hydrogen) atoms. The number of H-pyrrole nitrogens is 1. The Bertz CT molecular complexity index is 1020. The SMILES string of the molecule is C=Cc1[nH]c2c(C(F)(F)F)cccc2c(=O)c1C(=O)Nc1nccs1. The molecule has 2 N–H and O–H groups in total. The van der Waals surface area contributed by atoms with Crippen molar-refractivity contribution >= 4 is 39.4 Å². The number of pyridine rings is 1. The first-order valence-electron chi connectivity index (χ1n) is 6.92. The van der Waals surface area contributed by atoms with E-state index in [2.05, 4.69) is 21.9 Å². The molecule has 1 amide bonds. The Morgan fingerprint density at radius 2 is 2.12 bits per heavy atom. The third-order valence-electron chi connectivity index (χ3n) is 3.45. The standard InChI is InChI=1S/C16H10F3N3O2S/c1-2-10-11(14(24)22-15-20-6-7-25-15)13(23)8-4-3-5-9(12(8)21-10)16(17,18)19/h2-7H,1H2,(H,21,23)(H,20,22,24). The number of aromatic amines is 1. The molecule has 9 heteroatoms. The lowest BCUT2D eigenvalue weighted by atomic mass is 10.0. The van der Waals surface area contributed by atoms with E-state index in [-0.39, 0.29) is 27.3 Å². The van der Waals surface area contributed by atoms with Gasteiger partial charge in [-0.2, -0.15) is 13.2 Å². The molecule has 0 aliphatic rings. The van der Waals surface area contributed by atoms with Crippen molar-refractivity contribution in [3.63, 3.8) is 0 Å². The highest BCUT2D eigenvalue weighted by molar-refractivity contribution is 7.13. The predicted molar refractivity (Wildman–Crippen MR) is 89.7 cm³/mol. The van der Waals surface area contributed by atoms with Gasteiger partial charge in [0.05, 0.1) is 16.8 Å². The Morgan fingerprint density at radius 3 is 2.72 bits per heavy atom. The lowest BCUT2D eigenvalue weighted by Crippen LogP contribution is -2.24. The molecule has 0 saturated carbocycles. The van der Waals surface area contributed by atoms with Crippen molar-refractivity contribution in [2.75, 3.05) is 5.32 Å². The first-order chi connectivity index (χ1) is 11.8. The normalized spacial score (nSPS) is 11.5. The molecular weight excluding hydrogens is 355 g/mol. The molecule has 0 saturated heterocycles. The van der Waals surface area contributed by atoms with Crippen LogP contribution in [0.3, 0.4) is 0 Å². The molecule has 0 atom stereocenters. The van der Waals surface area contributed by atoms with Gasteiger partial charge in [-0.05, 0) is 18.2 Å². The monoisotopic (exact) mass is 365 g/mol. The average molecular weight is 365 g/mol. The number of hydrogen-bond donors (Lipinski definition) is 2. The van der Waals surface area contributed by atoms with E-state index >= 15 is 0 Å². The summed E-state index contributed by atoms with van der Waals surface area (Å²) in [6.45, 7) is 3.47. The van der Waals surface area contributed by atoms with Gasteiger partial charge in [-0.25, -0.2) is 4.98 Å². The highest BCUT2D eigenvalue weighted by Gasteiger charge is 2.34. The van der Waals surface area contributed by atoms with E-state index in [0.29, 0.717) is 0 Å². The van der Waals surface area contributed by atoms with Crippen molar-refractivity contribution in [3.05, 3.63) is 63.4 Å². The maximum Gasteiger partial charge on any atom is 0.418 e. The molecule has 2 heterocycles.